The van der Waals surface area contributed by atoms with Crippen LogP contribution in [0.25, 0.3) is 0 Å². The first kappa shape index (κ1) is 16.3. The fraction of sp³-hybridized carbons (Fsp3) is 0.625. The van der Waals surface area contributed by atoms with Crippen molar-refractivity contribution < 1.29 is 13.2 Å². The molecule has 0 unspecified atom stereocenters. The molecule has 1 fully saturated rings. The van der Waals surface area contributed by atoms with Gasteiger partial charge in [-0.3, -0.25) is 0 Å². The minimum atomic E-state index is -1.41. The second-order valence-electron chi connectivity index (χ2n) is 5.95. The maximum atomic E-state index is 13.3. The maximum absolute atomic E-state index is 13.3. The van der Waals surface area contributed by atoms with Crippen LogP contribution < -0.4 is 5.32 Å². The topological polar surface area (TPSA) is 15.3 Å². The van der Waals surface area contributed by atoms with Gasteiger partial charge in [0.25, 0.3) is 0 Å². The fourth-order valence-corrected chi connectivity index (χ4v) is 2.93. The SMILES string of the molecule is C[C@@H](CN1CCCCC1)N[C@H](C)c1cc(F)c(F)c(F)c1. The van der Waals surface area contributed by atoms with E-state index in [1.807, 2.05) is 6.92 Å². The lowest BCUT2D eigenvalue weighted by Gasteiger charge is -2.30. The molecule has 1 aliphatic rings. The highest BCUT2D eigenvalue weighted by Crippen LogP contribution is 2.20. The first-order chi connectivity index (χ1) is 9.97. The van der Waals surface area contributed by atoms with E-state index >= 15 is 0 Å². The number of benzene rings is 1. The van der Waals surface area contributed by atoms with E-state index in [1.54, 1.807) is 0 Å². The van der Waals surface area contributed by atoms with Gasteiger partial charge in [0, 0.05) is 18.6 Å². The molecular weight excluding hydrogens is 277 g/mol. The van der Waals surface area contributed by atoms with Gasteiger partial charge in [-0.05, 0) is 57.5 Å². The van der Waals surface area contributed by atoms with E-state index in [-0.39, 0.29) is 12.1 Å². The van der Waals surface area contributed by atoms with Crippen LogP contribution in [0.15, 0.2) is 12.1 Å². The summed E-state index contributed by atoms with van der Waals surface area (Å²) in [6.07, 6.45) is 3.76. The molecule has 1 N–H and O–H groups in total. The Bertz CT molecular complexity index is 450. The molecule has 2 atom stereocenters. The van der Waals surface area contributed by atoms with E-state index in [0.717, 1.165) is 31.8 Å². The van der Waals surface area contributed by atoms with Crippen molar-refractivity contribution >= 4 is 0 Å². The average molecular weight is 300 g/mol. The van der Waals surface area contributed by atoms with Gasteiger partial charge in [-0.1, -0.05) is 6.42 Å². The zero-order valence-electron chi connectivity index (χ0n) is 12.6. The van der Waals surface area contributed by atoms with Gasteiger partial charge in [-0.15, -0.1) is 0 Å². The summed E-state index contributed by atoms with van der Waals surface area (Å²) in [6.45, 7) is 7.02. The Morgan fingerprint density at radius 1 is 1.05 bits per heavy atom. The summed E-state index contributed by atoms with van der Waals surface area (Å²) < 4.78 is 39.5. The van der Waals surface area contributed by atoms with Crippen LogP contribution in [-0.4, -0.2) is 30.6 Å². The highest BCUT2D eigenvalue weighted by Gasteiger charge is 2.18. The Balaban J connectivity index is 1.92. The van der Waals surface area contributed by atoms with Crippen LogP contribution in [0.1, 0.15) is 44.7 Å². The van der Waals surface area contributed by atoms with Crippen LogP contribution in [-0.2, 0) is 0 Å². The molecule has 21 heavy (non-hydrogen) atoms. The first-order valence-corrected chi connectivity index (χ1v) is 7.60. The molecule has 0 saturated carbocycles. The van der Waals surface area contributed by atoms with Crippen LogP contribution in [0.5, 0.6) is 0 Å². The second-order valence-corrected chi connectivity index (χ2v) is 5.95. The van der Waals surface area contributed by atoms with Gasteiger partial charge in [0.2, 0.25) is 0 Å². The van der Waals surface area contributed by atoms with Crippen molar-refractivity contribution in [2.45, 2.75) is 45.2 Å². The highest BCUT2D eigenvalue weighted by atomic mass is 19.2. The zero-order valence-corrected chi connectivity index (χ0v) is 12.6. The molecule has 0 aliphatic carbocycles. The van der Waals surface area contributed by atoms with E-state index in [1.165, 1.54) is 19.3 Å². The van der Waals surface area contributed by atoms with Crippen LogP contribution in [0.4, 0.5) is 13.2 Å². The molecule has 2 nitrogen and oxygen atoms in total. The maximum Gasteiger partial charge on any atom is 0.194 e. The Hall–Kier alpha value is -1.07. The molecule has 0 spiro atoms. The Labute approximate surface area is 124 Å². The van der Waals surface area contributed by atoms with Crippen molar-refractivity contribution in [3.63, 3.8) is 0 Å². The van der Waals surface area contributed by atoms with Crippen molar-refractivity contribution in [1.29, 1.82) is 0 Å². The van der Waals surface area contributed by atoms with Gasteiger partial charge in [0.15, 0.2) is 17.5 Å². The predicted molar refractivity (Wildman–Crippen MR) is 77.6 cm³/mol. The smallest absolute Gasteiger partial charge is 0.194 e. The molecule has 1 aliphatic heterocycles. The minimum absolute atomic E-state index is 0.203. The number of likely N-dealkylation sites (tertiary alicyclic amines) is 1. The summed E-state index contributed by atoms with van der Waals surface area (Å²) in [5.74, 6) is -3.68. The van der Waals surface area contributed by atoms with Crippen LogP contribution in [0.2, 0.25) is 0 Å². The molecular formula is C16H23F3N2. The molecule has 0 aromatic heterocycles. The van der Waals surface area contributed by atoms with Gasteiger partial charge >= 0.3 is 0 Å². The molecule has 0 amide bonds. The summed E-state index contributed by atoms with van der Waals surface area (Å²) in [7, 11) is 0. The average Bonchev–Trinajstić information content (AvgIpc) is 2.45. The van der Waals surface area contributed by atoms with Crippen molar-refractivity contribution in [1.82, 2.24) is 10.2 Å². The number of hydrogen-bond acceptors (Lipinski definition) is 2. The van der Waals surface area contributed by atoms with E-state index in [9.17, 15) is 13.2 Å². The third-order valence-electron chi connectivity index (χ3n) is 4.02. The monoisotopic (exact) mass is 300 g/mol. The largest absolute Gasteiger partial charge is 0.306 e. The summed E-state index contributed by atoms with van der Waals surface area (Å²) in [5.41, 5.74) is 0.428. The molecule has 1 aromatic rings. The van der Waals surface area contributed by atoms with E-state index in [0.29, 0.717) is 5.56 Å². The van der Waals surface area contributed by atoms with Gasteiger partial charge in [0.05, 0.1) is 0 Å². The minimum Gasteiger partial charge on any atom is -0.306 e. The molecule has 1 saturated heterocycles. The lowest BCUT2D eigenvalue weighted by Crippen LogP contribution is -2.42. The Morgan fingerprint density at radius 3 is 2.19 bits per heavy atom. The van der Waals surface area contributed by atoms with Crippen molar-refractivity contribution in [2.75, 3.05) is 19.6 Å². The van der Waals surface area contributed by atoms with Gasteiger partial charge in [0.1, 0.15) is 0 Å². The summed E-state index contributed by atoms with van der Waals surface area (Å²) in [6, 6.07) is 2.09. The fourth-order valence-electron chi connectivity index (χ4n) is 2.93. The first-order valence-electron chi connectivity index (χ1n) is 7.60. The third-order valence-corrected chi connectivity index (χ3v) is 4.02. The summed E-state index contributed by atoms with van der Waals surface area (Å²) in [5, 5.41) is 3.32. The zero-order chi connectivity index (χ0) is 15.4. The molecule has 1 aromatic carbocycles. The molecule has 5 heteroatoms. The highest BCUT2D eigenvalue weighted by molar-refractivity contribution is 5.22. The standard InChI is InChI=1S/C16H23F3N2/c1-11(10-21-6-4-3-5-7-21)20-12(2)13-8-14(17)16(19)15(18)9-13/h8-9,11-12,20H,3-7,10H2,1-2H3/t11-,12+/m0/s1. The Morgan fingerprint density at radius 2 is 1.62 bits per heavy atom. The lowest BCUT2D eigenvalue weighted by molar-refractivity contribution is 0.205. The number of nitrogens with zero attached hydrogens (tertiary/aromatic N) is 1. The van der Waals surface area contributed by atoms with Crippen LogP contribution in [0, 0.1) is 17.5 Å². The Kier molecular flexibility index (Phi) is 5.65. The van der Waals surface area contributed by atoms with E-state index in [4.69, 9.17) is 0 Å². The van der Waals surface area contributed by atoms with Gasteiger partial charge < -0.3 is 10.2 Å². The van der Waals surface area contributed by atoms with Crippen LogP contribution in [0.3, 0.4) is 0 Å². The quantitative estimate of drug-likeness (QED) is 0.835. The van der Waals surface area contributed by atoms with Gasteiger partial charge in [-0.2, -0.15) is 0 Å². The van der Waals surface area contributed by atoms with Crippen LogP contribution >= 0.6 is 0 Å². The second kappa shape index (κ2) is 7.27. The summed E-state index contributed by atoms with van der Waals surface area (Å²) in [4.78, 5) is 2.40. The molecule has 1 heterocycles. The normalized spacial score (nSPS) is 19.5. The molecule has 0 radical (unpaired) electrons. The number of rotatable bonds is 5. The van der Waals surface area contributed by atoms with E-state index in [2.05, 4.69) is 17.1 Å². The van der Waals surface area contributed by atoms with Crippen molar-refractivity contribution in [3.05, 3.63) is 35.1 Å². The van der Waals surface area contributed by atoms with Crippen molar-refractivity contribution in [2.24, 2.45) is 0 Å². The molecule has 2 rings (SSSR count). The third kappa shape index (κ3) is 4.45. The number of halogens is 3. The number of piperidine rings is 1. The lowest BCUT2D eigenvalue weighted by atomic mass is 10.1. The molecule has 0 bridgehead atoms. The van der Waals surface area contributed by atoms with Crippen molar-refractivity contribution in [3.8, 4) is 0 Å². The molecule has 118 valence electrons. The number of hydrogen-bond donors (Lipinski definition) is 1. The van der Waals surface area contributed by atoms with E-state index < -0.39 is 17.5 Å². The van der Waals surface area contributed by atoms with Gasteiger partial charge in [-0.25, -0.2) is 13.2 Å². The predicted octanol–water partition coefficient (Wildman–Crippen LogP) is 3.63. The summed E-state index contributed by atoms with van der Waals surface area (Å²) >= 11 is 0. The number of nitrogens with one attached hydrogen (secondary N) is 1.